The number of carboxylic acid groups (broad SMARTS) is 1. The van der Waals surface area contributed by atoms with Crippen LogP contribution in [0.25, 0.3) is 11.4 Å². The Bertz CT molecular complexity index is 861. The van der Waals surface area contributed by atoms with E-state index in [1.54, 1.807) is 25.1 Å². The zero-order valence-corrected chi connectivity index (χ0v) is 16.3. The van der Waals surface area contributed by atoms with Crippen molar-refractivity contribution in [3.8, 4) is 17.1 Å². The Labute approximate surface area is 159 Å². The molecule has 1 aromatic carbocycles. The summed E-state index contributed by atoms with van der Waals surface area (Å²) in [7, 11) is 0. The van der Waals surface area contributed by atoms with Gasteiger partial charge in [0.1, 0.15) is 11.6 Å². The lowest BCUT2D eigenvalue weighted by Gasteiger charge is -2.20. The third kappa shape index (κ3) is 4.48. The average molecular weight is 373 g/mol. The van der Waals surface area contributed by atoms with Crippen LogP contribution in [-0.2, 0) is 12.8 Å². The number of hydrogen-bond donors (Lipinski definition) is 2. The number of carbonyl (C=O) groups is 1. The van der Waals surface area contributed by atoms with Crippen molar-refractivity contribution in [3.63, 3.8) is 0 Å². The molecule has 0 aliphatic carbocycles. The number of benzene rings is 1. The van der Waals surface area contributed by atoms with Gasteiger partial charge in [-0.2, -0.15) is 0 Å². The minimum Gasteiger partial charge on any atom is -0.493 e. The average Bonchev–Trinajstić information content (AvgIpc) is 2.66. The van der Waals surface area contributed by atoms with Gasteiger partial charge in [0, 0.05) is 17.8 Å². The van der Waals surface area contributed by atoms with Crippen molar-refractivity contribution in [2.75, 3.05) is 18.1 Å². The Balaban J connectivity index is 2.66. The number of rotatable bonds is 8. The largest absolute Gasteiger partial charge is 0.493 e. The molecule has 0 spiro atoms. The number of H-pyrrole nitrogens is 1. The molecular formula is C20H27N3O4. The van der Waals surface area contributed by atoms with Gasteiger partial charge >= 0.3 is 6.09 Å². The van der Waals surface area contributed by atoms with Crippen molar-refractivity contribution < 1.29 is 14.6 Å². The monoisotopic (exact) mass is 373 g/mol. The summed E-state index contributed by atoms with van der Waals surface area (Å²) in [6.07, 6.45) is 1.04. The summed E-state index contributed by atoms with van der Waals surface area (Å²) in [4.78, 5) is 32.7. The molecule has 1 heterocycles. The molecule has 0 aliphatic heterocycles. The molecule has 146 valence electrons. The fourth-order valence-corrected chi connectivity index (χ4v) is 2.97. The first kappa shape index (κ1) is 20.5. The molecule has 0 radical (unpaired) electrons. The number of aryl methyl sites for hydroxylation is 1. The molecule has 2 aromatic rings. The molecular weight excluding hydrogens is 346 g/mol. The van der Waals surface area contributed by atoms with Crippen LogP contribution in [0.4, 0.5) is 10.5 Å². The predicted molar refractivity (Wildman–Crippen MR) is 106 cm³/mol. The van der Waals surface area contributed by atoms with Gasteiger partial charge in [0.05, 0.1) is 17.9 Å². The van der Waals surface area contributed by atoms with Gasteiger partial charge in [0.2, 0.25) is 0 Å². The molecule has 2 rings (SSSR count). The molecule has 0 bridgehead atoms. The number of ether oxygens (including phenoxy) is 1. The Morgan fingerprint density at radius 1 is 1.22 bits per heavy atom. The minimum absolute atomic E-state index is 0.170. The minimum atomic E-state index is -1.04. The maximum atomic E-state index is 12.5. The third-order valence-electron chi connectivity index (χ3n) is 4.33. The van der Waals surface area contributed by atoms with Crippen LogP contribution in [0.15, 0.2) is 23.0 Å². The highest BCUT2D eigenvalue weighted by Crippen LogP contribution is 2.32. The molecule has 7 nitrogen and oxygen atoms in total. The summed E-state index contributed by atoms with van der Waals surface area (Å²) >= 11 is 0. The van der Waals surface area contributed by atoms with Crippen molar-refractivity contribution in [1.29, 1.82) is 0 Å². The van der Waals surface area contributed by atoms with E-state index in [0.717, 1.165) is 12.1 Å². The highest BCUT2D eigenvalue weighted by molar-refractivity contribution is 5.87. The maximum Gasteiger partial charge on any atom is 0.411 e. The molecule has 0 atom stereocenters. The Kier molecular flexibility index (Phi) is 6.98. The zero-order valence-electron chi connectivity index (χ0n) is 16.3. The molecule has 1 amide bonds. The van der Waals surface area contributed by atoms with Crippen LogP contribution in [0.1, 0.15) is 45.4 Å². The SMILES string of the molecule is CCCOc1ccc(N(CC)C(=O)O)cc1-c1nc(CC)c(CC)c(=O)[nH]1. The van der Waals surface area contributed by atoms with Crippen LogP contribution in [0.5, 0.6) is 5.75 Å². The number of aromatic amines is 1. The molecule has 0 saturated carbocycles. The van der Waals surface area contributed by atoms with E-state index in [0.29, 0.717) is 54.4 Å². The normalized spacial score (nSPS) is 10.7. The van der Waals surface area contributed by atoms with E-state index in [2.05, 4.69) is 9.97 Å². The van der Waals surface area contributed by atoms with E-state index in [9.17, 15) is 14.7 Å². The Morgan fingerprint density at radius 3 is 2.52 bits per heavy atom. The fraction of sp³-hybridized carbons (Fsp3) is 0.450. The van der Waals surface area contributed by atoms with E-state index in [-0.39, 0.29) is 5.56 Å². The predicted octanol–water partition coefficient (Wildman–Crippen LogP) is 3.85. The van der Waals surface area contributed by atoms with Crippen LogP contribution in [0.3, 0.4) is 0 Å². The summed E-state index contributed by atoms with van der Waals surface area (Å²) < 4.78 is 5.81. The van der Waals surface area contributed by atoms with E-state index in [1.165, 1.54) is 4.90 Å². The molecule has 7 heteroatoms. The van der Waals surface area contributed by atoms with Gasteiger partial charge in [0.25, 0.3) is 5.56 Å². The number of aromatic nitrogens is 2. The summed E-state index contributed by atoms with van der Waals surface area (Å²) in [5.41, 5.74) is 2.33. The van der Waals surface area contributed by atoms with Crippen LogP contribution in [-0.4, -0.2) is 34.3 Å². The van der Waals surface area contributed by atoms with Crippen molar-refractivity contribution in [3.05, 3.63) is 39.8 Å². The van der Waals surface area contributed by atoms with Crippen molar-refractivity contribution >= 4 is 11.8 Å². The highest BCUT2D eigenvalue weighted by atomic mass is 16.5. The summed E-state index contributed by atoms with van der Waals surface area (Å²) in [5, 5.41) is 9.41. The van der Waals surface area contributed by atoms with Crippen molar-refractivity contribution in [1.82, 2.24) is 9.97 Å². The fourth-order valence-electron chi connectivity index (χ4n) is 2.97. The van der Waals surface area contributed by atoms with Crippen LogP contribution >= 0.6 is 0 Å². The van der Waals surface area contributed by atoms with E-state index < -0.39 is 6.09 Å². The topological polar surface area (TPSA) is 95.5 Å². The summed E-state index contributed by atoms with van der Waals surface area (Å²) in [5.74, 6) is 0.958. The molecule has 0 saturated heterocycles. The van der Waals surface area contributed by atoms with E-state index in [1.807, 2.05) is 20.8 Å². The van der Waals surface area contributed by atoms with E-state index >= 15 is 0 Å². The number of nitrogens with zero attached hydrogens (tertiary/aromatic N) is 2. The molecule has 27 heavy (non-hydrogen) atoms. The Morgan fingerprint density at radius 2 is 1.96 bits per heavy atom. The maximum absolute atomic E-state index is 12.5. The van der Waals surface area contributed by atoms with Gasteiger partial charge < -0.3 is 14.8 Å². The standard InChI is InChI=1S/C20H27N3O4/c1-5-11-27-17-10-9-13(23(8-4)20(25)26)12-15(17)18-21-16(7-3)14(6-2)19(24)22-18/h9-10,12H,5-8,11H2,1-4H3,(H,25,26)(H,21,22,24). The smallest absolute Gasteiger partial charge is 0.411 e. The summed E-state index contributed by atoms with van der Waals surface area (Å²) in [6.45, 7) is 8.47. The van der Waals surface area contributed by atoms with Gasteiger partial charge in [-0.15, -0.1) is 0 Å². The third-order valence-corrected chi connectivity index (χ3v) is 4.33. The second-order valence-electron chi connectivity index (χ2n) is 6.10. The van der Waals surface area contributed by atoms with Crippen molar-refractivity contribution in [2.45, 2.75) is 47.0 Å². The zero-order chi connectivity index (χ0) is 20.0. The lowest BCUT2D eigenvalue weighted by atomic mass is 10.1. The van der Waals surface area contributed by atoms with Crippen LogP contribution in [0.2, 0.25) is 0 Å². The van der Waals surface area contributed by atoms with Gasteiger partial charge in [0.15, 0.2) is 0 Å². The van der Waals surface area contributed by atoms with Gasteiger partial charge in [-0.1, -0.05) is 20.8 Å². The second kappa shape index (κ2) is 9.21. The quantitative estimate of drug-likeness (QED) is 0.733. The number of nitrogens with one attached hydrogen (secondary N) is 1. The molecule has 1 aromatic heterocycles. The lowest BCUT2D eigenvalue weighted by molar-refractivity contribution is 0.202. The Hall–Kier alpha value is -2.83. The van der Waals surface area contributed by atoms with Gasteiger partial charge in [-0.3, -0.25) is 9.69 Å². The number of amides is 1. The first-order valence-corrected chi connectivity index (χ1v) is 9.36. The lowest BCUT2D eigenvalue weighted by Crippen LogP contribution is -2.28. The van der Waals surface area contributed by atoms with Crippen molar-refractivity contribution in [2.24, 2.45) is 0 Å². The van der Waals surface area contributed by atoms with Gasteiger partial charge in [-0.05, 0) is 44.4 Å². The molecule has 0 unspecified atom stereocenters. The van der Waals surface area contributed by atoms with Gasteiger partial charge in [-0.25, -0.2) is 9.78 Å². The molecule has 0 aliphatic rings. The number of anilines is 1. The van der Waals surface area contributed by atoms with E-state index in [4.69, 9.17) is 4.74 Å². The summed E-state index contributed by atoms with van der Waals surface area (Å²) in [6, 6.07) is 5.13. The first-order chi connectivity index (χ1) is 13.0. The molecule has 2 N–H and O–H groups in total. The molecule has 0 fully saturated rings. The number of hydrogen-bond acceptors (Lipinski definition) is 4. The first-order valence-electron chi connectivity index (χ1n) is 9.36. The van der Waals surface area contributed by atoms with Crippen LogP contribution in [0, 0.1) is 0 Å². The van der Waals surface area contributed by atoms with Crippen LogP contribution < -0.4 is 15.2 Å². The highest BCUT2D eigenvalue weighted by Gasteiger charge is 2.18. The second-order valence-corrected chi connectivity index (χ2v) is 6.10.